The molecule has 0 aromatic heterocycles. The lowest BCUT2D eigenvalue weighted by molar-refractivity contribution is -0.142. The zero-order valence-corrected chi connectivity index (χ0v) is 15.0. The van der Waals surface area contributed by atoms with Crippen LogP contribution in [0.5, 0.6) is 0 Å². The normalized spacial score (nSPS) is 13.8. The molecule has 6 nitrogen and oxygen atoms in total. The standard InChI is InChI=1S/C14H29NO5Si/c1-7-19-10-12(16)15-11(13(17)18)8-9-20-21(5,6)14(2,3)4/h11H,7-10H2,1-6H3,(H,15,16)(H,17,18)/t11-/m1/s1. The van der Waals surface area contributed by atoms with Crippen LogP contribution in [0.4, 0.5) is 0 Å². The Bertz CT molecular complexity index is 352. The Morgan fingerprint density at radius 1 is 1.29 bits per heavy atom. The molecule has 0 unspecified atom stereocenters. The molecule has 0 bridgehead atoms. The van der Waals surface area contributed by atoms with Gasteiger partial charge in [0.1, 0.15) is 12.6 Å². The van der Waals surface area contributed by atoms with Gasteiger partial charge in [-0.05, 0) is 25.1 Å². The summed E-state index contributed by atoms with van der Waals surface area (Å²) in [7, 11) is -1.90. The van der Waals surface area contributed by atoms with Gasteiger partial charge >= 0.3 is 5.97 Å². The summed E-state index contributed by atoms with van der Waals surface area (Å²) in [5.41, 5.74) is 0. The Labute approximate surface area is 128 Å². The molecule has 0 aliphatic heterocycles. The minimum absolute atomic E-state index is 0.0733. The number of carbonyl (C=O) groups is 2. The Kier molecular flexibility index (Phi) is 8.13. The van der Waals surface area contributed by atoms with Crippen molar-refractivity contribution in [3.05, 3.63) is 0 Å². The van der Waals surface area contributed by atoms with E-state index in [-0.39, 0.29) is 18.1 Å². The maximum atomic E-state index is 11.5. The van der Waals surface area contributed by atoms with Crippen molar-refractivity contribution in [1.82, 2.24) is 5.32 Å². The predicted molar refractivity (Wildman–Crippen MR) is 83.8 cm³/mol. The highest BCUT2D eigenvalue weighted by Crippen LogP contribution is 2.36. The molecule has 7 heteroatoms. The van der Waals surface area contributed by atoms with Gasteiger partial charge in [-0.15, -0.1) is 0 Å². The summed E-state index contributed by atoms with van der Waals surface area (Å²) in [5, 5.41) is 11.7. The van der Waals surface area contributed by atoms with Crippen molar-refractivity contribution < 1.29 is 23.9 Å². The first-order valence-corrected chi connectivity index (χ1v) is 10.2. The molecule has 0 radical (unpaired) electrons. The van der Waals surface area contributed by atoms with Gasteiger partial charge in [0, 0.05) is 19.6 Å². The van der Waals surface area contributed by atoms with Crippen LogP contribution < -0.4 is 5.32 Å². The van der Waals surface area contributed by atoms with E-state index in [4.69, 9.17) is 14.3 Å². The zero-order valence-electron chi connectivity index (χ0n) is 14.0. The maximum Gasteiger partial charge on any atom is 0.326 e. The van der Waals surface area contributed by atoms with Crippen molar-refractivity contribution in [1.29, 1.82) is 0 Å². The fraction of sp³-hybridized carbons (Fsp3) is 0.857. The maximum absolute atomic E-state index is 11.5. The van der Waals surface area contributed by atoms with Crippen LogP contribution in [-0.2, 0) is 18.8 Å². The smallest absolute Gasteiger partial charge is 0.326 e. The van der Waals surface area contributed by atoms with Gasteiger partial charge in [0.05, 0.1) is 0 Å². The zero-order chi connectivity index (χ0) is 16.7. The number of rotatable bonds is 9. The highest BCUT2D eigenvalue weighted by atomic mass is 28.4. The van der Waals surface area contributed by atoms with Crippen LogP contribution in [0, 0.1) is 0 Å². The predicted octanol–water partition coefficient (Wildman–Crippen LogP) is 2.00. The quantitative estimate of drug-likeness (QED) is 0.635. The van der Waals surface area contributed by atoms with E-state index in [0.29, 0.717) is 13.2 Å². The average molecular weight is 319 g/mol. The molecule has 0 saturated carbocycles. The van der Waals surface area contributed by atoms with E-state index >= 15 is 0 Å². The lowest BCUT2D eigenvalue weighted by Gasteiger charge is -2.36. The van der Waals surface area contributed by atoms with Gasteiger partial charge < -0.3 is 19.6 Å². The third-order valence-corrected chi connectivity index (χ3v) is 8.28. The number of nitrogens with one attached hydrogen (secondary N) is 1. The molecule has 21 heavy (non-hydrogen) atoms. The van der Waals surface area contributed by atoms with E-state index in [1.165, 1.54) is 0 Å². The summed E-state index contributed by atoms with van der Waals surface area (Å²) in [6.45, 7) is 13.0. The van der Waals surface area contributed by atoms with Gasteiger partial charge in [0.25, 0.3) is 0 Å². The lowest BCUT2D eigenvalue weighted by Crippen LogP contribution is -2.45. The minimum atomic E-state index is -1.90. The van der Waals surface area contributed by atoms with Gasteiger partial charge in [-0.1, -0.05) is 20.8 Å². The van der Waals surface area contributed by atoms with Crippen molar-refractivity contribution in [3.8, 4) is 0 Å². The van der Waals surface area contributed by atoms with Gasteiger partial charge in [0.15, 0.2) is 8.32 Å². The topological polar surface area (TPSA) is 84.9 Å². The summed E-state index contributed by atoms with van der Waals surface area (Å²) in [5.74, 6) is -1.48. The number of carboxylic acids is 1. The number of aliphatic carboxylic acids is 1. The second-order valence-electron chi connectivity index (χ2n) is 6.49. The first-order valence-electron chi connectivity index (χ1n) is 7.25. The van der Waals surface area contributed by atoms with Crippen molar-refractivity contribution >= 4 is 20.2 Å². The summed E-state index contributed by atoms with van der Waals surface area (Å²) < 4.78 is 10.9. The van der Waals surface area contributed by atoms with Gasteiger partial charge in [-0.25, -0.2) is 4.79 Å². The second-order valence-corrected chi connectivity index (χ2v) is 11.3. The molecule has 2 N–H and O–H groups in total. The highest BCUT2D eigenvalue weighted by Gasteiger charge is 2.37. The Morgan fingerprint density at radius 3 is 2.29 bits per heavy atom. The van der Waals surface area contributed by atoms with Crippen molar-refractivity contribution in [3.63, 3.8) is 0 Å². The molecule has 0 aliphatic rings. The van der Waals surface area contributed by atoms with E-state index in [1.807, 2.05) is 0 Å². The minimum Gasteiger partial charge on any atom is -0.480 e. The fourth-order valence-corrected chi connectivity index (χ4v) is 2.40. The number of carbonyl (C=O) groups excluding carboxylic acids is 1. The van der Waals surface area contributed by atoms with Crippen molar-refractivity contribution in [2.45, 2.75) is 58.3 Å². The van der Waals surface area contributed by atoms with Gasteiger partial charge in [0.2, 0.25) is 5.91 Å². The molecule has 0 aromatic rings. The summed E-state index contributed by atoms with van der Waals surface area (Å²) in [4.78, 5) is 22.7. The monoisotopic (exact) mass is 319 g/mol. The van der Waals surface area contributed by atoms with Crippen LogP contribution in [0.15, 0.2) is 0 Å². The Balaban J connectivity index is 4.35. The Morgan fingerprint density at radius 2 is 1.86 bits per heavy atom. The molecule has 124 valence electrons. The molecule has 0 aliphatic carbocycles. The second kappa shape index (κ2) is 8.50. The molecule has 0 aromatic carbocycles. The third-order valence-electron chi connectivity index (χ3n) is 3.75. The van der Waals surface area contributed by atoms with E-state index in [0.717, 1.165) is 0 Å². The van der Waals surface area contributed by atoms with Crippen LogP contribution in [0.2, 0.25) is 18.1 Å². The number of amides is 1. The molecule has 0 spiro atoms. The molecule has 0 heterocycles. The van der Waals surface area contributed by atoms with Crippen LogP contribution in [0.1, 0.15) is 34.1 Å². The van der Waals surface area contributed by atoms with Crippen molar-refractivity contribution in [2.75, 3.05) is 19.8 Å². The van der Waals surface area contributed by atoms with E-state index in [2.05, 4.69) is 39.2 Å². The van der Waals surface area contributed by atoms with Crippen molar-refractivity contribution in [2.24, 2.45) is 0 Å². The van der Waals surface area contributed by atoms with Gasteiger partial charge in [-0.2, -0.15) is 0 Å². The largest absolute Gasteiger partial charge is 0.480 e. The molecule has 0 fully saturated rings. The fourth-order valence-electron chi connectivity index (χ4n) is 1.34. The van der Waals surface area contributed by atoms with E-state index in [1.54, 1.807) is 6.92 Å². The van der Waals surface area contributed by atoms with Gasteiger partial charge in [-0.3, -0.25) is 4.79 Å². The summed E-state index contributed by atoms with van der Waals surface area (Å²) in [6, 6.07) is -0.942. The lowest BCUT2D eigenvalue weighted by atomic mass is 10.2. The average Bonchev–Trinajstić information content (AvgIpc) is 2.33. The molecule has 1 amide bonds. The van der Waals surface area contributed by atoms with E-state index in [9.17, 15) is 9.59 Å². The summed E-state index contributed by atoms with van der Waals surface area (Å²) >= 11 is 0. The highest BCUT2D eigenvalue weighted by molar-refractivity contribution is 6.74. The Hall–Kier alpha value is -0.923. The van der Waals surface area contributed by atoms with E-state index < -0.39 is 26.2 Å². The SMILES string of the molecule is CCOCC(=O)N[C@H](CCO[Si](C)(C)C(C)(C)C)C(=O)O. The molecular formula is C14H29NO5Si. The number of ether oxygens (including phenoxy) is 1. The molecule has 0 saturated heterocycles. The first kappa shape index (κ1) is 20.1. The number of carboxylic acid groups (broad SMARTS) is 1. The van der Waals surface area contributed by atoms with Crippen LogP contribution >= 0.6 is 0 Å². The molecule has 1 atom stereocenters. The molecule has 0 rings (SSSR count). The van der Waals surface area contributed by atoms with Crippen LogP contribution in [-0.4, -0.2) is 51.2 Å². The number of hydrogen-bond donors (Lipinski definition) is 2. The van der Waals surface area contributed by atoms with Crippen LogP contribution in [0.25, 0.3) is 0 Å². The number of hydrogen-bond acceptors (Lipinski definition) is 4. The summed E-state index contributed by atoms with van der Waals surface area (Å²) in [6.07, 6.45) is 0.250. The first-order chi connectivity index (χ1) is 9.51. The van der Waals surface area contributed by atoms with Crippen LogP contribution in [0.3, 0.4) is 0 Å². The molecular weight excluding hydrogens is 290 g/mol. The third kappa shape index (κ3) is 7.59.